The van der Waals surface area contributed by atoms with Gasteiger partial charge in [-0.25, -0.2) is 0 Å². The van der Waals surface area contributed by atoms with E-state index < -0.39 is 6.85 Å². The van der Waals surface area contributed by atoms with Gasteiger partial charge in [-0.2, -0.15) is 5.26 Å². The van der Waals surface area contributed by atoms with Crippen LogP contribution in [0.4, 0.5) is 4.39 Å². The van der Waals surface area contributed by atoms with E-state index in [1.54, 1.807) is 18.2 Å². The van der Waals surface area contributed by atoms with Crippen molar-refractivity contribution < 1.29 is 33.0 Å². The van der Waals surface area contributed by atoms with Gasteiger partial charge in [0.2, 0.25) is 0 Å². The van der Waals surface area contributed by atoms with Crippen molar-refractivity contribution in [3.63, 3.8) is 0 Å². The van der Waals surface area contributed by atoms with Gasteiger partial charge in [0.15, 0.2) is 0 Å². The van der Waals surface area contributed by atoms with Crippen LogP contribution in [0.5, 0.6) is 0 Å². The number of fused-ring (bicyclic) bond motifs is 4. The van der Waals surface area contributed by atoms with E-state index in [2.05, 4.69) is 133 Å². The number of pyridine rings is 1. The van der Waals surface area contributed by atoms with Gasteiger partial charge in [-0.05, 0) is 81.4 Å². The monoisotopic (exact) mass is 1010 g/mol. The summed E-state index contributed by atoms with van der Waals surface area (Å²) < 4.78 is 46.6. The number of aromatic nitrogens is 3. The maximum Gasteiger partial charge on any atom is 0.125 e. The number of aryl methyl sites for hydroxylation is 1. The van der Waals surface area contributed by atoms with E-state index in [9.17, 15) is 9.65 Å². The van der Waals surface area contributed by atoms with Crippen LogP contribution in [-0.4, -0.2) is 14.5 Å². The second-order valence-electron chi connectivity index (χ2n) is 18.8. The molecule has 1 radical (unpaired) electrons. The molecule has 0 aliphatic carbocycles. The van der Waals surface area contributed by atoms with Crippen LogP contribution in [-0.2, 0) is 36.4 Å². The summed E-state index contributed by atoms with van der Waals surface area (Å²) >= 11 is 0. The summed E-state index contributed by atoms with van der Waals surface area (Å²) in [6.45, 7) is 16.9. The molecular weight excluding hydrogens is 956 g/mol. The molecule has 319 valence electrons. The van der Waals surface area contributed by atoms with Crippen molar-refractivity contribution in [1.82, 2.24) is 14.5 Å². The van der Waals surface area contributed by atoms with Gasteiger partial charge in [-0.3, -0.25) is 9.37 Å². The summed E-state index contributed by atoms with van der Waals surface area (Å²) in [5.41, 5.74) is 10.8. The van der Waals surface area contributed by atoms with Gasteiger partial charge in [0.25, 0.3) is 0 Å². The molecule has 0 aliphatic heterocycles. The van der Waals surface area contributed by atoms with Gasteiger partial charge in [0.1, 0.15) is 5.58 Å². The van der Waals surface area contributed by atoms with Crippen molar-refractivity contribution in [2.75, 3.05) is 0 Å². The Bertz CT molecular complexity index is 3250. The first-order valence-corrected chi connectivity index (χ1v) is 20.8. The van der Waals surface area contributed by atoms with Crippen molar-refractivity contribution in [2.45, 2.75) is 85.4 Å². The van der Waals surface area contributed by atoms with Crippen molar-refractivity contribution in [3.8, 4) is 45.5 Å². The second-order valence-corrected chi connectivity index (χ2v) is 18.8. The molecule has 0 atom stereocenters. The van der Waals surface area contributed by atoms with Crippen LogP contribution in [0.15, 0.2) is 132 Å². The SMILES string of the molecule is CC(C)(C)c1ccc(-c2[c-]cc(F)cc2)nc1.[2H]C([2H])([2H])c1c(C#N)ccc2c1oc1c(-c3nc4ccccc4n3-c3ccc(-c4ccccc4)cc3C(C)(C)C)[c-]cc(C(C)(C)C)c12.[Ir]. The maximum atomic E-state index is 12.8. The average Bonchev–Trinajstić information content (AvgIpc) is 3.84. The molecule has 0 saturated carbocycles. The van der Waals surface area contributed by atoms with Crippen LogP contribution < -0.4 is 0 Å². The number of furan rings is 1. The molecule has 9 aromatic rings. The van der Waals surface area contributed by atoms with Crippen LogP contribution in [0.1, 0.15) is 94.2 Å². The van der Waals surface area contributed by atoms with Gasteiger partial charge < -0.3 is 14.0 Å². The molecule has 0 saturated heterocycles. The smallest absolute Gasteiger partial charge is 0.125 e. The first-order chi connectivity index (χ1) is 30.6. The Hall–Kier alpha value is -6.19. The Labute approximate surface area is 388 Å². The number of halogens is 1. The van der Waals surface area contributed by atoms with Crippen LogP contribution in [0.2, 0.25) is 0 Å². The Morgan fingerprint density at radius 2 is 1.46 bits per heavy atom. The molecule has 3 heterocycles. The first-order valence-electron chi connectivity index (χ1n) is 22.3. The zero-order valence-electron chi connectivity index (χ0n) is 40.0. The predicted molar refractivity (Wildman–Crippen MR) is 252 cm³/mol. The van der Waals surface area contributed by atoms with Gasteiger partial charge in [0, 0.05) is 52.9 Å². The fourth-order valence-electron chi connectivity index (χ4n) is 7.88. The number of nitrogens with zero attached hydrogens (tertiary/aromatic N) is 4. The Balaban J connectivity index is 0.000000303. The van der Waals surface area contributed by atoms with Crippen LogP contribution in [0, 0.1) is 36.1 Å². The molecule has 0 aliphatic rings. The molecule has 9 rings (SSSR count). The molecule has 63 heavy (non-hydrogen) atoms. The Morgan fingerprint density at radius 1 is 0.730 bits per heavy atom. The number of nitriles is 1. The van der Waals surface area contributed by atoms with E-state index in [-0.39, 0.29) is 58.9 Å². The zero-order valence-corrected chi connectivity index (χ0v) is 39.4. The minimum atomic E-state index is -2.56. The third kappa shape index (κ3) is 8.76. The van der Waals surface area contributed by atoms with E-state index in [4.69, 9.17) is 13.5 Å². The van der Waals surface area contributed by atoms with E-state index in [1.165, 1.54) is 17.7 Å². The second kappa shape index (κ2) is 17.2. The molecule has 6 aromatic carbocycles. The van der Waals surface area contributed by atoms with Crippen LogP contribution in [0.3, 0.4) is 0 Å². The van der Waals surface area contributed by atoms with Gasteiger partial charge >= 0.3 is 0 Å². The molecule has 0 N–H and O–H groups in total. The zero-order chi connectivity index (χ0) is 46.6. The van der Waals surface area contributed by atoms with Crippen molar-refractivity contribution >= 4 is 33.0 Å². The molecular formula is C56H51FIrN4O-2. The van der Waals surface area contributed by atoms with Gasteiger partial charge in [-0.1, -0.05) is 140 Å². The van der Waals surface area contributed by atoms with Crippen LogP contribution >= 0.6 is 0 Å². The summed E-state index contributed by atoms with van der Waals surface area (Å²) in [4.78, 5) is 9.58. The minimum absolute atomic E-state index is 0. The summed E-state index contributed by atoms with van der Waals surface area (Å²) in [6, 6.07) is 47.3. The summed E-state index contributed by atoms with van der Waals surface area (Å²) in [5, 5.41) is 11.4. The van der Waals surface area contributed by atoms with Crippen molar-refractivity contribution in [3.05, 3.63) is 173 Å². The van der Waals surface area contributed by atoms with E-state index in [1.807, 2.05) is 54.7 Å². The molecule has 0 spiro atoms. The summed E-state index contributed by atoms with van der Waals surface area (Å²) in [6.07, 6.45) is 1.87. The van der Waals surface area contributed by atoms with Gasteiger partial charge in [-0.15, -0.1) is 47.5 Å². The average molecular weight is 1010 g/mol. The van der Waals surface area contributed by atoms with E-state index >= 15 is 0 Å². The van der Waals surface area contributed by atoms with Crippen molar-refractivity contribution in [2.24, 2.45) is 0 Å². The quantitative estimate of drug-likeness (QED) is 0.165. The Morgan fingerprint density at radius 3 is 2.10 bits per heavy atom. The summed E-state index contributed by atoms with van der Waals surface area (Å²) in [5.74, 6) is 0.356. The van der Waals surface area contributed by atoms with Crippen molar-refractivity contribution in [1.29, 1.82) is 5.26 Å². The fourth-order valence-corrected chi connectivity index (χ4v) is 7.88. The van der Waals surface area contributed by atoms with E-state index in [0.717, 1.165) is 55.6 Å². The van der Waals surface area contributed by atoms with E-state index in [0.29, 0.717) is 22.4 Å². The standard InChI is InChI=1S/C41H36N3O.C15H15FN.Ir/c1-25-28(24-42)17-19-29-36-31(40(2,3)4)21-20-30(38(36)45-37(25)29)39-43-33-15-11-12-16-35(33)44(39)34-22-18-27(23-32(34)41(5,6)7)26-13-9-8-10-14-26;1-15(2,3)12-6-9-14(17-10-12)11-4-7-13(16)8-5-11;/h8-19,21-23H,1-7H3;4,6-10H,1-3H3;/q2*-1;/i1D3;;. The molecule has 3 aromatic heterocycles. The number of benzene rings is 6. The third-order valence-electron chi connectivity index (χ3n) is 11.3. The summed E-state index contributed by atoms with van der Waals surface area (Å²) in [7, 11) is 0. The molecule has 7 heteroatoms. The fraction of sp³-hybridized carbons (Fsp3) is 0.232. The topological polar surface area (TPSA) is 67.6 Å². The number of imidazole rings is 1. The van der Waals surface area contributed by atoms with Crippen LogP contribution in [0.25, 0.3) is 72.4 Å². The third-order valence-corrected chi connectivity index (χ3v) is 11.3. The predicted octanol–water partition coefficient (Wildman–Crippen LogP) is 14.8. The molecule has 0 bridgehead atoms. The minimum Gasteiger partial charge on any atom is -0.500 e. The van der Waals surface area contributed by atoms with Gasteiger partial charge in [0.05, 0.1) is 34.1 Å². The molecule has 5 nitrogen and oxygen atoms in total. The number of para-hydroxylation sites is 2. The molecule has 0 amide bonds. The largest absolute Gasteiger partial charge is 0.500 e. The molecule has 0 unspecified atom stereocenters. The Kier molecular flexibility index (Phi) is 11.1. The normalized spacial score (nSPS) is 12.8. The number of rotatable bonds is 4. The number of hydrogen-bond acceptors (Lipinski definition) is 4. The maximum absolute atomic E-state index is 12.8. The molecule has 0 fully saturated rings. The number of hydrogen-bond donors (Lipinski definition) is 0. The first kappa shape index (κ1) is 40.9.